The molecule has 0 amide bonds. The molecule has 0 saturated carbocycles. The standard InChI is InChI=1S/C21H30O2/c1-3-4-5-6-7-8-9-10-11-12-13-14-15-16-17-18-19-20-21(22)23-2/h3,5-6,8-9,11-12,14-15,17-18H,1,4,7,10,13,16,19-20H2,2H3/b6-5-,9-8-,12-11-,15-14-,18-17-. The van der Waals surface area contributed by atoms with Gasteiger partial charge in [0.25, 0.3) is 0 Å². The molecular formula is C21H30O2. The Morgan fingerprint density at radius 1 is 0.739 bits per heavy atom. The number of carbonyl (C=O) groups is 1. The summed E-state index contributed by atoms with van der Waals surface area (Å²) in [5, 5.41) is 0. The third kappa shape index (κ3) is 17.9. The first-order valence-corrected chi connectivity index (χ1v) is 8.24. The normalized spacial score (nSPS) is 12.4. The lowest BCUT2D eigenvalue weighted by Gasteiger charge is -1.93. The Balaban J connectivity index is 3.51. The number of esters is 1. The van der Waals surface area contributed by atoms with Crippen LogP contribution in [0.5, 0.6) is 0 Å². The van der Waals surface area contributed by atoms with Crippen LogP contribution in [0.2, 0.25) is 0 Å². The van der Waals surface area contributed by atoms with Crippen molar-refractivity contribution in [2.24, 2.45) is 0 Å². The van der Waals surface area contributed by atoms with Gasteiger partial charge in [0.2, 0.25) is 0 Å². The quantitative estimate of drug-likeness (QED) is 0.314. The molecule has 0 aliphatic heterocycles. The van der Waals surface area contributed by atoms with E-state index in [9.17, 15) is 4.79 Å². The summed E-state index contributed by atoms with van der Waals surface area (Å²) < 4.78 is 4.57. The van der Waals surface area contributed by atoms with Gasteiger partial charge in [-0.3, -0.25) is 4.79 Å². The number of hydrogen-bond acceptors (Lipinski definition) is 2. The molecule has 0 aromatic rings. The Bertz CT molecular complexity index is 437. The van der Waals surface area contributed by atoms with E-state index in [1.165, 1.54) is 7.11 Å². The summed E-state index contributed by atoms with van der Waals surface area (Å²) in [6, 6.07) is 0. The molecule has 23 heavy (non-hydrogen) atoms. The highest BCUT2D eigenvalue weighted by Gasteiger charge is 1.94. The zero-order valence-electron chi connectivity index (χ0n) is 14.3. The van der Waals surface area contributed by atoms with E-state index in [0.29, 0.717) is 6.42 Å². The highest BCUT2D eigenvalue weighted by atomic mass is 16.5. The smallest absolute Gasteiger partial charge is 0.305 e. The number of ether oxygens (including phenoxy) is 1. The molecule has 0 spiro atoms. The van der Waals surface area contributed by atoms with Gasteiger partial charge in [-0.15, -0.1) is 6.58 Å². The van der Waals surface area contributed by atoms with E-state index in [2.05, 4.69) is 66.0 Å². The van der Waals surface area contributed by atoms with Gasteiger partial charge in [-0.2, -0.15) is 0 Å². The van der Waals surface area contributed by atoms with Crippen LogP contribution in [-0.4, -0.2) is 13.1 Å². The second-order valence-corrected chi connectivity index (χ2v) is 4.94. The zero-order valence-corrected chi connectivity index (χ0v) is 14.3. The van der Waals surface area contributed by atoms with Gasteiger partial charge in [-0.1, -0.05) is 66.8 Å². The molecule has 0 unspecified atom stereocenters. The van der Waals surface area contributed by atoms with Crippen molar-refractivity contribution in [3.8, 4) is 0 Å². The third-order valence-electron chi connectivity index (χ3n) is 2.97. The summed E-state index contributed by atoms with van der Waals surface area (Å²) in [5.74, 6) is -0.155. The molecule has 0 aromatic carbocycles. The molecule has 0 atom stereocenters. The maximum atomic E-state index is 10.9. The van der Waals surface area contributed by atoms with Crippen molar-refractivity contribution in [2.45, 2.75) is 44.9 Å². The van der Waals surface area contributed by atoms with Crippen LogP contribution in [0.25, 0.3) is 0 Å². The minimum Gasteiger partial charge on any atom is -0.469 e. The molecule has 0 radical (unpaired) electrons. The molecule has 2 heteroatoms. The predicted octanol–water partition coefficient (Wildman–Crippen LogP) is 5.86. The number of carbonyl (C=O) groups excluding carboxylic acids is 1. The van der Waals surface area contributed by atoms with Gasteiger partial charge >= 0.3 is 5.97 Å². The molecule has 0 aromatic heterocycles. The first-order chi connectivity index (χ1) is 11.3. The Kier molecular flexibility index (Phi) is 16.3. The molecule has 0 saturated heterocycles. The fourth-order valence-corrected chi connectivity index (χ4v) is 1.70. The average molecular weight is 314 g/mol. The molecule has 126 valence electrons. The Hall–Kier alpha value is -2.09. The van der Waals surface area contributed by atoms with Crippen molar-refractivity contribution in [3.63, 3.8) is 0 Å². The van der Waals surface area contributed by atoms with Crippen molar-refractivity contribution in [2.75, 3.05) is 7.11 Å². The van der Waals surface area contributed by atoms with Gasteiger partial charge in [0.05, 0.1) is 7.11 Å². The molecule has 0 heterocycles. The van der Waals surface area contributed by atoms with E-state index in [1.54, 1.807) is 0 Å². The van der Waals surface area contributed by atoms with Crippen LogP contribution in [0, 0.1) is 0 Å². The lowest BCUT2D eigenvalue weighted by Crippen LogP contribution is -1.97. The van der Waals surface area contributed by atoms with Gasteiger partial charge in [0.1, 0.15) is 0 Å². The summed E-state index contributed by atoms with van der Waals surface area (Å²) >= 11 is 0. The molecule has 0 aliphatic carbocycles. The van der Waals surface area contributed by atoms with Crippen LogP contribution < -0.4 is 0 Å². The van der Waals surface area contributed by atoms with Crippen LogP contribution in [0.1, 0.15) is 44.9 Å². The molecule has 0 N–H and O–H groups in total. The first kappa shape index (κ1) is 20.9. The summed E-state index contributed by atoms with van der Waals surface area (Å²) in [6.07, 6.45) is 29.3. The Morgan fingerprint density at radius 3 is 1.52 bits per heavy atom. The second-order valence-electron chi connectivity index (χ2n) is 4.94. The summed E-state index contributed by atoms with van der Waals surface area (Å²) in [4.78, 5) is 10.9. The maximum Gasteiger partial charge on any atom is 0.305 e. The molecule has 0 fully saturated rings. The molecule has 0 bridgehead atoms. The van der Waals surface area contributed by atoms with E-state index in [-0.39, 0.29) is 5.97 Å². The summed E-state index contributed by atoms with van der Waals surface area (Å²) in [6.45, 7) is 3.67. The van der Waals surface area contributed by atoms with Gasteiger partial charge in [-0.25, -0.2) is 0 Å². The predicted molar refractivity (Wildman–Crippen MR) is 100 cm³/mol. The van der Waals surface area contributed by atoms with E-state index >= 15 is 0 Å². The largest absolute Gasteiger partial charge is 0.469 e. The fraction of sp³-hybridized carbons (Fsp3) is 0.381. The number of hydrogen-bond donors (Lipinski definition) is 0. The number of methoxy groups -OCH3 is 1. The summed E-state index contributed by atoms with van der Waals surface area (Å²) in [5.41, 5.74) is 0. The minimum atomic E-state index is -0.155. The molecule has 2 nitrogen and oxygen atoms in total. The van der Waals surface area contributed by atoms with Crippen molar-refractivity contribution < 1.29 is 9.53 Å². The first-order valence-electron chi connectivity index (χ1n) is 8.24. The minimum absolute atomic E-state index is 0.155. The van der Waals surface area contributed by atoms with E-state index in [0.717, 1.165) is 38.5 Å². The van der Waals surface area contributed by atoms with Crippen LogP contribution >= 0.6 is 0 Å². The van der Waals surface area contributed by atoms with Crippen LogP contribution in [0.3, 0.4) is 0 Å². The van der Waals surface area contributed by atoms with E-state index in [4.69, 9.17) is 0 Å². The van der Waals surface area contributed by atoms with Crippen molar-refractivity contribution in [3.05, 3.63) is 73.4 Å². The lowest BCUT2D eigenvalue weighted by molar-refractivity contribution is -0.140. The monoisotopic (exact) mass is 314 g/mol. The third-order valence-corrected chi connectivity index (χ3v) is 2.97. The van der Waals surface area contributed by atoms with Gasteiger partial charge in [0.15, 0.2) is 0 Å². The molecular weight excluding hydrogens is 284 g/mol. The zero-order chi connectivity index (χ0) is 17.0. The van der Waals surface area contributed by atoms with Crippen LogP contribution in [-0.2, 0) is 9.53 Å². The topological polar surface area (TPSA) is 26.3 Å². The Morgan fingerprint density at radius 2 is 1.13 bits per heavy atom. The highest BCUT2D eigenvalue weighted by molar-refractivity contribution is 5.69. The van der Waals surface area contributed by atoms with Crippen molar-refractivity contribution in [1.29, 1.82) is 0 Å². The Labute approximate surface area is 141 Å². The highest BCUT2D eigenvalue weighted by Crippen LogP contribution is 1.97. The van der Waals surface area contributed by atoms with Crippen LogP contribution in [0.15, 0.2) is 73.4 Å². The second kappa shape index (κ2) is 18.0. The molecule has 0 aliphatic rings. The van der Waals surface area contributed by atoms with E-state index < -0.39 is 0 Å². The van der Waals surface area contributed by atoms with Crippen LogP contribution in [0.4, 0.5) is 0 Å². The van der Waals surface area contributed by atoms with Gasteiger partial charge in [0, 0.05) is 6.42 Å². The van der Waals surface area contributed by atoms with Crippen molar-refractivity contribution >= 4 is 5.97 Å². The number of allylic oxidation sites excluding steroid dienone is 11. The maximum absolute atomic E-state index is 10.9. The summed E-state index contributed by atoms with van der Waals surface area (Å²) in [7, 11) is 1.42. The average Bonchev–Trinajstić information content (AvgIpc) is 2.57. The number of rotatable bonds is 13. The van der Waals surface area contributed by atoms with Gasteiger partial charge in [-0.05, 0) is 38.5 Å². The van der Waals surface area contributed by atoms with E-state index in [1.807, 2.05) is 12.2 Å². The SMILES string of the molecule is C=CC/C=C\C/C=C\C/C=C\C/C=C\C/C=C\CCC(=O)OC. The lowest BCUT2D eigenvalue weighted by atomic mass is 10.2. The van der Waals surface area contributed by atoms with Gasteiger partial charge < -0.3 is 4.74 Å². The van der Waals surface area contributed by atoms with Crippen molar-refractivity contribution in [1.82, 2.24) is 0 Å². The molecule has 0 rings (SSSR count). The fourth-order valence-electron chi connectivity index (χ4n) is 1.70.